The first-order valence-electron chi connectivity index (χ1n) is 6.11. The lowest BCUT2D eigenvalue weighted by atomic mass is 10.2. The zero-order chi connectivity index (χ0) is 15.7. The average molecular weight is 310 g/mol. The minimum atomic E-state index is -1.74. The van der Waals surface area contributed by atoms with Crippen molar-refractivity contribution >= 4 is 20.1 Å². The molecule has 0 saturated carbocycles. The van der Waals surface area contributed by atoms with E-state index in [2.05, 4.69) is 5.32 Å². The Bertz CT molecular complexity index is 348. The van der Waals surface area contributed by atoms with Crippen LogP contribution in [0.15, 0.2) is 0 Å². The van der Waals surface area contributed by atoms with Crippen LogP contribution in [0.3, 0.4) is 0 Å². The highest BCUT2D eigenvalue weighted by Crippen LogP contribution is 2.15. The third-order valence-electron chi connectivity index (χ3n) is 1.98. The topological polar surface area (TPSA) is 111 Å². The molecule has 0 fully saturated rings. The normalized spacial score (nSPS) is 14.4. The Labute approximate surface area is 118 Å². The predicted octanol–water partition coefficient (Wildman–Crippen LogP) is 1.36. The lowest BCUT2D eigenvalue weighted by Crippen LogP contribution is -2.38. The van der Waals surface area contributed by atoms with Gasteiger partial charge in [0.05, 0.1) is 5.92 Å². The Morgan fingerprint density at radius 1 is 1.25 bits per heavy atom. The van der Waals surface area contributed by atoms with Crippen molar-refractivity contribution in [3.8, 4) is 0 Å². The molecule has 116 valence electrons. The second-order valence-corrected chi connectivity index (χ2v) is 5.42. The van der Waals surface area contributed by atoms with Crippen LogP contribution in [0.2, 0.25) is 0 Å². The number of rotatable bonds is 8. The maximum absolute atomic E-state index is 11.3. The van der Waals surface area contributed by atoms with E-state index in [0.717, 1.165) is 0 Å². The summed E-state index contributed by atoms with van der Waals surface area (Å²) in [6.45, 7) is 6.10. The molecule has 0 rings (SSSR count). The number of ether oxygens (including phenoxy) is 2. The maximum atomic E-state index is 11.3. The van der Waals surface area contributed by atoms with E-state index in [9.17, 15) is 19.3 Å². The molecule has 9 heteroatoms. The number of hydrogen-bond acceptors (Lipinski definition) is 7. The number of aliphatic hydroxyl groups is 1. The van der Waals surface area contributed by atoms with Crippen molar-refractivity contribution in [1.29, 1.82) is 0 Å². The van der Waals surface area contributed by atoms with Gasteiger partial charge in [-0.25, -0.2) is 4.79 Å². The van der Waals surface area contributed by atoms with Gasteiger partial charge in [0.2, 0.25) is 6.29 Å². The number of alkyl carbamates (subject to hydrolysis) is 1. The van der Waals surface area contributed by atoms with Crippen LogP contribution in [0, 0.1) is 5.92 Å². The van der Waals surface area contributed by atoms with E-state index in [0.29, 0.717) is 0 Å². The Morgan fingerprint density at radius 2 is 1.85 bits per heavy atom. The fourth-order valence-electron chi connectivity index (χ4n) is 1.01. The number of carbonyl (C=O) groups excluding carboxylic acids is 2. The molecular formula is C11H21NO7P+. The second-order valence-electron chi connectivity index (χ2n) is 4.29. The lowest BCUT2D eigenvalue weighted by Gasteiger charge is -2.17. The second kappa shape index (κ2) is 9.63. The molecule has 0 saturated heterocycles. The summed E-state index contributed by atoms with van der Waals surface area (Å²) in [7, 11) is -1.74. The van der Waals surface area contributed by atoms with Crippen molar-refractivity contribution in [1.82, 2.24) is 5.32 Å². The molecule has 2 N–H and O–H groups in total. The van der Waals surface area contributed by atoms with Crippen LogP contribution in [0.25, 0.3) is 0 Å². The van der Waals surface area contributed by atoms with Gasteiger partial charge in [-0.3, -0.25) is 10.1 Å². The average Bonchev–Trinajstić information content (AvgIpc) is 2.27. The van der Waals surface area contributed by atoms with Crippen LogP contribution in [0.4, 0.5) is 4.79 Å². The zero-order valence-electron chi connectivity index (χ0n) is 12.0. The van der Waals surface area contributed by atoms with E-state index < -0.39 is 32.6 Å². The van der Waals surface area contributed by atoms with E-state index in [1.807, 2.05) is 0 Å². The number of aliphatic hydroxyl groups excluding tert-OH is 1. The molecule has 1 amide bonds. The number of hydrogen-bond donors (Lipinski definition) is 2. The van der Waals surface area contributed by atoms with Gasteiger partial charge in [-0.05, 0) is 4.57 Å². The highest BCUT2D eigenvalue weighted by Gasteiger charge is 2.18. The first-order chi connectivity index (χ1) is 9.22. The van der Waals surface area contributed by atoms with Gasteiger partial charge >= 0.3 is 20.1 Å². The van der Waals surface area contributed by atoms with E-state index in [4.69, 9.17) is 14.0 Å². The molecular weight excluding hydrogens is 289 g/mol. The van der Waals surface area contributed by atoms with E-state index in [-0.39, 0.29) is 18.9 Å². The largest absolute Gasteiger partial charge is 0.504 e. The monoisotopic (exact) mass is 310 g/mol. The van der Waals surface area contributed by atoms with Crippen molar-refractivity contribution < 1.29 is 33.3 Å². The van der Waals surface area contributed by atoms with Crippen molar-refractivity contribution in [2.75, 3.05) is 13.3 Å². The molecule has 0 radical (unpaired) electrons. The minimum absolute atomic E-state index is 0.0328. The van der Waals surface area contributed by atoms with Crippen molar-refractivity contribution in [2.24, 2.45) is 5.92 Å². The number of carbonyl (C=O) groups is 2. The van der Waals surface area contributed by atoms with Crippen LogP contribution in [0.1, 0.15) is 27.2 Å². The molecule has 0 aromatic heterocycles. The van der Waals surface area contributed by atoms with Gasteiger partial charge < -0.3 is 14.6 Å². The van der Waals surface area contributed by atoms with Crippen LogP contribution in [0.5, 0.6) is 0 Å². The Hall–Kier alpha value is -1.24. The molecule has 0 heterocycles. The van der Waals surface area contributed by atoms with Crippen LogP contribution < -0.4 is 5.32 Å². The quantitative estimate of drug-likeness (QED) is 0.395. The Kier molecular flexibility index (Phi) is 9.03. The molecule has 0 aliphatic heterocycles. The zero-order valence-corrected chi connectivity index (χ0v) is 12.9. The Balaban J connectivity index is 3.91. The Morgan fingerprint density at radius 3 is 2.35 bits per heavy atom. The fourth-order valence-corrected chi connectivity index (χ4v) is 1.37. The third kappa shape index (κ3) is 9.66. The van der Waals surface area contributed by atoms with Gasteiger partial charge in [-0.2, -0.15) is 0 Å². The summed E-state index contributed by atoms with van der Waals surface area (Å²) in [6.07, 6.45) is -3.13. The lowest BCUT2D eigenvalue weighted by molar-refractivity contribution is -0.168. The molecule has 0 aromatic rings. The van der Waals surface area contributed by atoms with E-state index in [1.54, 1.807) is 13.8 Å². The molecule has 20 heavy (non-hydrogen) atoms. The summed E-state index contributed by atoms with van der Waals surface area (Å²) < 4.78 is 24.9. The summed E-state index contributed by atoms with van der Waals surface area (Å²) in [4.78, 5) is 22.6. The van der Waals surface area contributed by atoms with Crippen LogP contribution >= 0.6 is 8.03 Å². The first-order valence-corrected chi connectivity index (χ1v) is 7.74. The minimum Gasteiger partial charge on any atom is -0.425 e. The van der Waals surface area contributed by atoms with Crippen molar-refractivity contribution in [3.05, 3.63) is 0 Å². The number of nitrogens with one attached hydrogen (secondary N) is 1. The molecule has 8 nitrogen and oxygen atoms in total. The molecule has 3 atom stereocenters. The third-order valence-corrected chi connectivity index (χ3v) is 2.52. The van der Waals surface area contributed by atoms with Crippen LogP contribution in [-0.4, -0.2) is 43.0 Å². The van der Waals surface area contributed by atoms with Gasteiger partial charge in [-0.15, -0.1) is 4.52 Å². The summed E-state index contributed by atoms with van der Waals surface area (Å²) in [6, 6.07) is 0. The number of esters is 1. The highest BCUT2D eigenvalue weighted by molar-refractivity contribution is 7.38. The molecule has 0 spiro atoms. The summed E-state index contributed by atoms with van der Waals surface area (Å²) in [5, 5.41) is 11.5. The van der Waals surface area contributed by atoms with Crippen LogP contribution in [-0.2, 0) is 23.4 Å². The van der Waals surface area contributed by atoms with E-state index >= 15 is 0 Å². The molecule has 0 aromatic carbocycles. The SMILES string of the molecule is CC(OC(=O)NC(O)CCO[P+](C)=O)OC(=O)C(C)C. The highest BCUT2D eigenvalue weighted by atomic mass is 31.1. The summed E-state index contributed by atoms with van der Waals surface area (Å²) in [5.74, 6) is -0.825. The predicted molar refractivity (Wildman–Crippen MR) is 70.1 cm³/mol. The summed E-state index contributed by atoms with van der Waals surface area (Å²) >= 11 is 0. The smallest absolute Gasteiger partial charge is 0.425 e. The maximum Gasteiger partial charge on any atom is 0.504 e. The molecule has 3 unspecified atom stereocenters. The first kappa shape index (κ1) is 18.8. The standard InChI is InChI=1S/C11H20NO7P/c1-7(2)10(14)18-8(3)19-11(15)12-9(13)5-6-17-20(4)16/h7-9,13H,5-6H2,1-4H3/p+1. The van der Waals surface area contributed by atoms with E-state index in [1.165, 1.54) is 13.6 Å². The summed E-state index contributed by atoms with van der Waals surface area (Å²) in [5.41, 5.74) is 0. The fraction of sp³-hybridized carbons (Fsp3) is 0.818. The molecule has 0 aliphatic carbocycles. The van der Waals surface area contributed by atoms with Crippen molar-refractivity contribution in [2.45, 2.75) is 39.7 Å². The molecule has 0 aliphatic rings. The van der Waals surface area contributed by atoms with Gasteiger partial charge in [0.15, 0.2) is 6.66 Å². The van der Waals surface area contributed by atoms with Gasteiger partial charge in [0.25, 0.3) is 0 Å². The van der Waals surface area contributed by atoms with Crippen molar-refractivity contribution in [3.63, 3.8) is 0 Å². The molecule has 0 bridgehead atoms. The van der Waals surface area contributed by atoms with Gasteiger partial charge in [0, 0.05) is 13.3 Å². The van der Waals surface area contributed by atoms with Gasteiger partial charge in [-0.1, -0.05) is 13.8 Å². The number of amides is 1. The van der Waals surface area contributed by atoms with Gasteiger partial charge in [0.1, 0.15) is 12.8 Å².